The standard InChI is InChI=1S/C32H39N3O10/c1-17-23(42-30-25(38)27(44-31(33)40)28(41-5)32(2,3)45-30)10-9-20-24(37)21(29(39)43-26(17)20)16-22(36)18-7-6-8-19(15-18)35-13-11-34(4)12-14-35/h6-10,15,25,27-28,30,37-38H,11-14,16H2,1-5H3,(H2,33,40)/t25-,27+,28-,30-/m1/s1. The van der Waals surface area contributed by atoms with Gasteiger partial charge in [-0.05, 0) is 52.1 Å². The Morgan fingerprint density at radius 3 is 2.51 bits per heavy atom. The minimum atomic E-state index is -1.49. The van der Waals surface area contributed by atoms with Gasteiger partial charge < -0.3 is 49.1 Å². The molecule has 0 saturated carbocycles. The SMILES string of the molecule is CO[C@@H]1[C@@H](OC(N)=O)[C@@H](O)[C@H](Oc2ccc3c(O)c(CC(=O)c4cccc(N5CCN(C)CC5)c4)c(=O)oc3c2C)OC1(C)C. The third kappa shape index (κ3) is 6.47. The molecule has 13 nitrogen and oxygen atoms in total. The van der Waals surface area contributed by atoms with Gasteiger partial charge in [-0.2, -0.15) is 0 Å². The van der Waals surface area contributed by atoms with Gasteiger partial charge in [0.2, 0.25) is 6.29 Å². The molecule has 2 aliphatic rings. The number of aliphatic hydroxyl groups is 1. The Morgan fingerprint density at radius 1 is 1.13 bits per heavy atom. The van der Waals surface area contributed by atoms with Gasteiger partial charge in [-0.3, -0.25) is 4.79 Å². The molecule has 3 aromatic rings. The molecular weight excluding hydrogens is 586 g/mol. The van der Waals surface area contributed by atoms with Gasteiger partial charge >= 0.3 is 11.7 Å². The number of aryl methyl sites for hydroxylation is 1. The number of nitrogens with zero attached hydrogens (tertiary/aromatic N) is 2. The second-order valence-electron chi connectivity index (χ2n) is 12.0. The molecule has 3 heterocycles. The lowest BCUT2D eigenvalue weighted by atomic mass is 9.89. The number of aromatic hydroxyl groups is 1. The number of ketones is 1. The van der Waals surface area contributed by atoms with E-state index < -0.39 is 41.9 Å². The van der Waals surface area contributed by atoms with Crippen LogP contribution < -0.4 is 21.0 Å². The fourth-order valence-electron chi connectivity index (χ4n) is 5.96. The molecule has 4 N–H and O–H groups in total. The summed E-state index contributed by atoms with van der Waals surface area (Å²) in [6.45, 7) is 8.47. The molecule has 0 spiro atoms. The van der Waals surface area contributed by atoms with Gasteiger partial charge in [-0.25, -0.2) is 9.59 Å². The van der Waals surface area contributed by atoms with Gasteiger partial charge in [0.25, 0.3) is 0 Å². The Bertz CT molecular complexity index is 1650. The maximum atomic E-state index is 13.3. The first kappa shape index (κ1) is 32.2. The van der Waals surface area contributed by atoms with Crippen molar-refractivity contribution in [3.63, 3.8) is 0 Å². The number of nitrogens with two attached hydrogens (primary N) is 1. The zero-order valence-electron chi connectivity index (χ0n) is 25.9. The van der Waals surface area contributed by atoms with E-state index in [4.69, 9.17) is 29.1 Å². The van der Waals surface area contributed by atoms with E-state index in [1.54, 1.807) is 39.0 Å². The summed E-state index contributed by atoms with van der Waals surface area (Å²) in [5.74, 6) is -0.534. The van der Waals surface area contributed by atoms with Crippen LogP contribution in [-0.4, -0.2) is 97.5 Å². The van der Waals surface area contributed by atoms with Crippen molar-refractivity contribution in [3.05, 3.63) is 63.5 Å². The van der Waals surface area contributed by atoms with Crippen molar-refractivity contribution < 1.29 is 43.2 Å². The molecule has 0 bridgehead atoms. The van der Waals surface area contributed by atoms with E-state index in [2.05, 4.69) is 16.8 Å². The third-order valence-electron chi connectivity index (χ3n) is 8.48. The van der Waals surface area contributed by atoms with Crippen LogP contribution in [0, 0.1) is 6.92 Å². The van der Waals surface area contributed by atoms with Gasteiger partial charge in [0.1, 0.15) is 23.2 Å². The molecule has 1 amide bonds. The Kier molecular flexibility index (Phi) is 9.08. The van der Waals surface area contributed by atoms with E-state index in [9.17, 15) is 24.6 Å². The molecule has 2 fully saturated rings. The summed E-state index contributed by atoms with van der Waals surface area (Å²) < 4.78 is 28.1. The van der Waals surface area contributed by atoms with Crippen LogP contribution in [0.2, 0.25) is 0 Å². The molecule has 0 radical (unpaired) electrons. The molecule has 0 aliphatic carbocycles. The summed E-state index contributed by atoms with van der Waals surface area (Å²) in [4.78, 5) is 42.4. The summed E-state index contributed by atoms with van der Waals surface area (Å²) in [6, 6.07) is 10.2. The van der Waals surface area contributed by atoms with Crippen LogP contribution in [0.15, 0.2) is 45.6 Å². The monoisotopic (exact) mass is 625 g/mol. The number of piperazine rings is 1. The lowest BCUT2D eigenvalue weighted by Crippen LogP contribution is -2.65. The highest BCUT2D eigenvalue weighted by Crippen LogP contribution is 2.38. The second kappa shape index (κ2) is 12.7. The van der Waals surface area contributed by atoms with Crippen molar-refractivity contribution in [1.29, 1.82) is 0 Å². The van der Waals surface area contributed by atoms with E-state index in [-0.39, 0.29) is 40.2 Å². The summed E-state index contributed by atoms with van der Waals surface area (Å²) in [6.07, 6.45) is -6.34. The second-order valence-corrected chi connectivity index (χ2v) is 12.0. The van der Waals surface area contributed by atoms with Crippen LogP contribution in [0.5, 0.6) is 11.5 Å². The highest BCUT2D eigenvalue weighted by molar-refractivity contribution is 5.99. The van der Waals surface area contributed by atoms with Crippen LogP contribution >= 0.6 is 0 Å². The van der Waals surface area contributed by atoms with Crippen LogP contribution in [0.25, 0.3) is 11.0 Å². The summed E-state index contributed by atoms with van der Waals surface area (Å²) in [5.41, 5.74) is 4.84. The number of carbonyl (C=O) groups excluding carboxylic acids is 2. The van der Waals surface area contributed by atoms with Gasteiger partial charge in [0.15, 0.2) is 18.0 Å². The first-order valence-electron chi connectivity index (χ1n) is 14.7. The molecule has 45 heavy (non-hydrogen) atoms. The average molecular weight is 626 g/mol. The van der Waals surface area contributed by atoms with E-state index in [0.717, 1.165) is 31.9 Å². The quantitative estimate of drug-likeness (QED) is 0.247. The minimum Gasteiger partial charge on any atom is -0.507 e. The smallest absolute Gasteiger partial charge is 0.404 e. The van der Waals surface area contributed by atoms with Crippen molar-refractivity contribution >= 4 is 28.5 Å². The number of likely N-dealkylation sites (N-methyl/N-ethyl adjacent to an activating group) is 1. The number of Topliss-reactive ketones (excluding diaryl/α,β-unsaturated/α-hetero) is 1. The molecular formula is C32H39N3O10. The number of methoxy groups -OCH3 is 1. The lowest BCUT2D eigenvalue weighted by molar-refractivity contribution is -0.304. The number of hydrogen-bond acceptors (Lipinski definition) is 12. The number of benzene rings is 2. The number of primary amides is 1. The molecule has 5 rings (SSSR count). The average Bonchev–Trinajstić information content (AvgIpc) is 2.99. The molecule has 4 atom stereocenters. The molecule has 2 aromatic carbocycles. The summed E-state index contributed by atoms with van der Waals surface area (Å²) in [7, 11) is 3.45. The molecule has 242 valence electrons. The number of fused-ring (bicyclic) bond motifs is 1. The highest BCUT2D eigenvalue weighted by Gasteiger charge is 2.53. The van der Waals surface area contributed by atoms with Crippen molar-refractivity contribution in [2.75, 3.05) is 45.2 Å². The maximum absolute atomic E-state index is 13.3. The Balaban J connectivity index is 1.39. The first-order valence-corrected chi connectivity index (χ1v) is 14.7. The fraction of sp³-hybridized carbons (Fsp3) is 0.469. The van der Waals surface area contributed by atoms with E-state index in [1.165, 1.54) is 19.2 Å². The normalized spacial score (nSPS) is 23.6. The van der Waals surface area contributed by atoms with Crippen LogP contribution in [0.3, 0.4) is 0 Å². The number of rotatable bonds is 8. The third-order valence-corrected chi connectivity index (χ3v) is 8.48. The van der Waals surface area contributed by atoms with Crippen LogP contribution in [-0.2, 0) is 20.6 Å². The van der Waals surface area contributed by atoms with Crippen molar-refractivity contribution in [3.8, 4) is 11.5 Å². The largest absolute Gasteiger partial charge is 0.507 e. The van der Waals surface area contributed by atoms with Crippen LogP contribution in [0.4, 0.5) is 10.5 Å². The Hall–Kier alpha value is -4.17. The van der Waals surface area contributed by atoms with Crippen molar-refractivity contribution in [2.24, 2.45) is 5.73 Å². The van der Waals surface area contributed by atoms with E-state index in [0.29, 0.717) is 11.1 Å². The number of aliphatic hydroxyl groups excluding tert-OH is 1. The lowest BCUT2D eigenvalue weighted by Gasteiger charge is -2.47. The molecule has 1 aromatic heterocycles. The number of amides is 1. The Labute approximate surface area is 260 Å². The predicted octanol–water partition coefficient (Wildman–Crippen LogP) is 2.34. The van der Waals surface area contributed by atoms with Gasteiger partial charge in [-0.1, -0.05) is 12.1 Å². The number of carbonyl (C=O) groups is 2. The van der Waals surface area contributed by atoms with Crippen molar-refractivity contribution in [2.45, 2.75) is 57.4 Å². The highest BCUT2D eigenvalue weighted by atomic mass is 16.7. The molecule has 0 unspecified atom stereocenters. The fourth-order valence-corrected chi connectivity index (χ4v) is 5.96. The topological polar surface area (TPSA) is 174 Å². The maximum Gasteiger partial charge on any atom is 0.404 e. The molecule has 2 aliphatic heterocycles. The number of anilines is 1. The van der Waals surface area contributed by atoms with Gasteiger partial charge in [0.05, 0.1) is 16.6 Å². The zero-order chi connectivity index (χ0) is 32.6. The number of ether oxygens (including phenoxy) is 4. The van der Waals surface area contributed by atoms with E-state index >= 15 is 0 Å². The molecule has 2 saturated heterocycles. The predicted molar refractivity (Wildman–Crippen MR) is 164 cm³/mol. The molecule has 13 heteroatoms. The van der Waals surface area contributed by atoms with Crippen LogP contribution in [0.1, 0.15) is 35.3 Å². The first-order chi connectivity index (χ1) is 21.3. The Morgan fingerprint density at radius 2 is 1.84 bits per heavy atom. The van der Waals surface area contributed by atoms with Crippen molar-refractivity contribution in [1.82, 2.24) is 4.90 Å². The zero-order valence-corrected chi connectivity index (χ0v) is 25.9. The van der Waals surface area contributed by atoms with Gasteiger partial charge in [-0.15, -0.1) is 0 Å². The summed E-state index contributed by atoms with van der Waals surface area (Å²) in [5, 5.41) is 22.3. The number of hydrogen-bond donors (Lipinski definition) is 3. The summed E-state index contributed by atoms with van der Waals surface area (Å²) >= 11 is 0. The minimum absolute atomic E-state index is 0.0347. The van der Waals surface area contributed by atoms with Gasteiger partial charge in [0, 0.05) is 56.5 Å². The van der Waals surface area contributed by atoms with E-state index in [1.807, 2.05) is 6.07 Å².